The van der Waals surface area contributed by atoms with Crippen molar-refractivity contribution >= 4 is 11.8 Å². The van der Waals surface area contributed by atoms with Crippen molar-refractivity contribution in [3.05, 3.63) is 54.0 Å². The molecule has 116 valence electrons. The zero-order valence-corrected chi connectivity index (χ0v) is 12.7. The lowest BCUT2D eigenvalue weighted by Crippen LogP contribution is -2.29. The number of hydrogen-bond acceptors (Lipinski definition) is 4. The van der Waals surface area contributed by atoms with E-state index >= 15 is 0 Å². The predicted molar refractivity (Wildman–Crippen MR) is 85.9 cm³/mol. The number of carboxylic acid groups (broad SMARTS) is 1. The molecule has 0 aliphatic carbocycles. The van der Waals surface area contributed by atoms with E-state index in [2.05, 4.69) is 15.3 Å². The van der Waals surface area contributed by atoms with Gasteiger partial charge in [0.15, 0.2) is 0 Å². The van der Waals surface area contributed by atoms with Gasteiger partial charge in [-0.05, 0) is 18.1 Å². The van der Waals surface area contributed by atoms with Crippen molar-refractivity contribution in [1.82, 2.24) is 9.97 Å². The average molecular weight is 299 g/mol. The van der Waals surface area contributed by atoms with Crippen molar-refractivity contribution in [1.29, 1.82) is 0 Å². The second-order valence-corrected chi connectivity index (χ2v) is 5.20. The first-order valence-corrected chi connectivity index (χ1v) is 7.54. The summed E-state index contributed by atoms with van der Waals surface area (Å²) >= 11 is 0. The van der Waals surface area contributed by atoms with E-state index in [9.17, 15) is 9.90 Å². The smallest absolute Gasteiger partial charge is 0.326 e. The minimum atomic E-state index is -0.850. The summed E-state index contributed by atoms with van der Waals surface area (Å²) in [7, 11) is 0. The Bertz CT molecular complexity index is 602. The summed E-state index contributed by atoms with van der Waals surface area (Å²) < 4.78 is 0. The minimum Gasteiger partial charge on any atom is -0.480 e. The Kier molecular flexibility index (Phi) is 5.89. The molecule has 22 heavy (non-hydrogen) atoms. The van der Waals surface area contributed by atoms with Gasteiger partial charge in [0.05, 0.1) is 0 Å². The zero-order chi connectivity index (χ0) is 15.8. The normalized spacial score (nSPS) is 11.9. The molecule has 1 aromatic carbocycles. The zero-order valence-electron chi connectivity index (χ0n) is 12.7. The van der Waals surface area contributed by atoms with Crippen molar-refractivity contribution in [3.8, 4) is 0 Å². The van der Waals surface area contributed by atoms with E-state index in [1.165, 1.54) is 0 Å². The molecule has 0 unspecified atom stereocenters. The van der Waals surface area contributed by atoms with Crippen LogP contribution in [0.5, 0.6) is 0 Å². The van der Waals surface area contributed by atoms with Crippen molar-refractivity contribution in [2.45, 2.75) is 38.6 Å². The van der Waals surface area contributed by atoms with Gasteiger partial charge in [-0.15, -0.1) is 0 Å². The maximum absolute atomic E-state index is 11.3. The Morgan fingerprint density at radius 2 is 2.05 bits per heavy atom. The standard InChI is InChI=1S/C17H21N3O2/c1-2-3-9-14(17(21)22)19-15-10-11-18-16(20-15)12-13-7-5-4-6-8-13/h4-8,10-11,14H,2-3,9,12H2,1H3,(H,21,22)(H,18,19,20)/t14-/m0/s1. The summed E-state index contributed by atoms with van der Waals surface area (Å²) in [5.41, 5.74) is 1.13. The van der Waals surface area contributed by atoms with Crippen molar-refractivity contribution < 1.29 is 9.90 Å². The molecule has 2 rings (SSSR count). The predicted octanol–water partition coefficient (Wildman–Crippen LogP) is 3.12. The van der Waals surface area contributed by atoms with Crippen LogP contribution in [0.3, 0.4) is 0 Å². The van der Waals surface area contributed by atoms with Crippen LogP contribution >= 0.6 is 0 Å². The average Bonchev–Trinajstić information content (AvgIpc) is 2.52. The highest BCUT2D eigenvalue weighted by molar-refractivity contribution is 5.76. The molecule has 0 fully saturated rings. The van der Waals surface area contributed by atoms with Crippen molar-refractivity contribution in [2.24, 2.45) is 0 Å². The van der Waals surface area contributed by atoms with E-state index in [1.54, 1.807) is 12.3 Å². The Morgan fingerprint density at radius 1 is 1.27 bits per heavy atom. The lowest BCUT2D eigenvalue weighted by molar-refractivity contribution is -0.138. The van der Waals surface area contributed by atoms with Crippen LogP contribution in [0, 0.1) is 0 Å². The summed E-state index contributed by atoms with van der Waals surface area (Å²) in [6.07, 6.45) is 4.71. The maximum Gasteiger partial charge on any atom is 0.326 e. The number of carboxylic acids is 1. The minimum absolute atomic E-state index is 0.560. The largest absolute Gasteiger partial charge is 0.480 e. The third-order valence-electron chi connectivity index (χ3n) is 3.38. The highest BCUT2D eigenvalue weighted by atomic mass is 16.4. The Morgan fingerprint density at radius 3 is 2.73 bits per heavy atom. The molecule has 0 aliphatic rings. The maximum atomic E-state index is 11.3. The van der Waals surface area contributed by atoms with Crippen LogP contribution in [-0.4, -0.2) is 27.1 Å². The first-order valence-electron chi connectivity index (χ1n) is 7.54. The lowest BCUT2D eigenvalue weighted by Gasteiger charge is -2.15. The molecule has 0 spiro atoms. The van der Waals surface area contributed by atoms with E-state index in [-0.39, 0.29) is 0 Å². The first-order chi connectivity index (χ1) is 10.7. The van der Waals surface area contributed by atoms with Gasteiger partial charge in [0, 0.05) is 12.6 Å². The van der Waals surface area contributed by atoms with Gasteiger partial charge in [-0.2, -0.15) is 0 Å². The summed E-state index contributed by atoms with van der Waals surface area (Å²) in [6, 6.07) is 11.0. The summed E-state index contributed by atoms with van der Waals surface area (Å²) in [5.74, 6) is 0.386. The van der Waals surface area contributed by atoms with Gasteiger partial charge < -0.3 is 10.4 Å². The number of aliphatic carboxylic acids is 1. The van der Waals surface area contributed by atoms with Crippen LogP contribution < -0.4 is 5.32 Å². The summed E-state index contributed by atoms with van der Waals surface area (Å²) in [4.78, 5) is 19.9. The molecular formula is C17H21N3O2. The van der Waals surface area contributed by atoms with Gasteiger partial charge in [0.25, 0.3) is 0 Å². The van der Waals surface area contributed by atoms with E-state index in [0.717, 1.165) is 18.4 Å². The fourth-order valence-corrected chi connectivity index (χ4v) is 2.19. The van der Waals surface area contributed by atoms with E-state index in [1.807, 2.05) is 37.3 Å². The number of unbranched alkanes of at least 4 members (excludes halogenated alkanes) is 1. The van der Waals surface area contributed by atoms with Crippen molar-refractivity contribution in [2.75, 3.05) is 5.32 Å². The summed E-state index contributed by atoms with van der Waals surface area (Å²) in [5, 5.41) is 12.2. The number of nitrogens with one attached hydrogen (secondary N) is 1. The van der Waals surface area contributed by atoms with E-state index < -0.39 is 12.0 Å². The van der Waals surface area contributed by atoms with E-state index in [0.29, 0.717) is 24.5 Å². The fraction of sp³-hybridized carbons (Fsp3) is 0.353. The molecule has 2 N–H and O–H groups in total. The quantitative estimate of drug-likeness (QED) is 0.783. The fourth-order valence-electron chi connectivity index (χ4n) is 2.19. The molecule has 5 nitrogen and oxygen atoms in total. The van der Waals surface area contributed by atoms with Gasteiger partial charge in [-0.25, -0.2) is 14.8 Å². The van der Waals surface area contributed by atoms with E-state index in [4.69, 9.17) is 0 Å². The first kappa shape index (κ1) is 15.9. The molecule has 1 heterocycles. The molecule has 2 aromatic rings. The number of benzene rings is 1. The van der Waals surface area contributed by atoms with Crippen molar-refractivity contribution in [3.63, 3.8) is 0 Å². The monoisotopic (exact) mass is 299 g/mol. The molecule has 0 saturated heterocycles. The number of hydrogen-bond donors (Lipinski definition) is 2. The van der Waals surface area contributed by atoms with Gasteiger partial charge in [-0.1, -0.05) is 50.1 Å². The Hall–Kier alpha value is -2.43. The highest BCUT2D eigenvalue weighted by Gasteiger charge is 2.17. The molecule has 0 saturated carbocycles. The number of rotatable bonds is 8. The van der Waals surface area contributed by atoms with Gasteiger partial charge >= 0.3 is 5.97 Å². The molecule has 0 radical (unpaired) electrons. The molecule has 5 heteroatoms. The van der Waals surface area contributed by atoms with Crippen LogP contribution in [0.4, 0.5) is 5.82 Å². The molecule has 1 aromatic heterocycles. The Labute approximate surface area is 130 Å². The number of anilines is 1. The third-order valence-corrected chi connectivity index (χ3v) is 3.38. The molecule has 0 bridgehead atoms. The number of aromatic nitrogens is 2. The summed E-state index contributed by atoms with van der Waals surface area (Å²) in [6.45, 7) is 2.04. The molecular weight excluding hydrogens is 278 g/mol. The topological polar surface area (TPSA) is 75.1 Å². The number of carbonyl (C=O) groups is 1. The third kappa shape index (κ3) is 4.84. The van der Waals surface area contributed by atoms with Crippen LogP contribution in [0.1, 0.15) is 37.6 Å². The van der Waals surface area contributed by atoms with Crippen LogP contribution in [-0.2, 0) is 11.2 Å². The molecule has 0 aliphatic heterocycles. The van der Waals surface area contributed by atoms with Gasteiger partial charge in [0.1, 0.15) is 17.7 Å². The van der Waals surface area contributed by atoms with Crippen LogP contribution in [0.25, 0.3) is 0 Å². The second-order valence-electron chi connectivity index (χ2n) is 5.20. The lowest BCUT2D eigenvalue weighted by atomic mass is 10.1. The molecule has 1 atom stereocenters. The highest BCUT2D eigenvalue weighted by Crippen LogP contribution is 2.11. The molecule has 0 amide bonds. The van der Waals surface area contributed by atoms with Gasteiger partial charge in [-0.3, -0.25) is 0 Å². The second kappa shape index (κ2) is 8.12. The van der Waals surface area contributed by atoms with Crippen LogP contribution in [0.2, 0.25) is 0 Å². The van der Waals surface area contributed by atoms with Crippen LogP contribution in [0.15, 0.2) is 42.6 Å². The Balaban J connectivity index is 2.05. The van der Waals surface area contributed by atoms with Gasteiger partial charge in [0.2, 0.25) is 0 Å². The number of nitrogens with zero attached hydrogens (tertiary/aromatic N) is 2. The SMILES string of the molecule is CCCC[C@H](Nc1ccnc(Cc2ccccc2)n1)C(=O)O.